The van der Waals surface area contributed by atoms with Gasteiger partial charge in [0.15, 0.2) is 5.82 Å². The number of benzene rings is 1. The van der Waals surface area contributed by atoms with Crippen molar-refractivity contribution in [3.8, 4) is 11.4 Å². The lowest BCUT2D eigenvalue weighted by Gasteiger charge is -2.31. The number of pyridine rings is 1. The Morgan fingerprint density at radius 2 is 1.76 bits per heavy atom. The van der Waals surface area contributed by atoms with E-state index in [-0.39, 0.29) is 48.9 Å². The summed E-state index contributed by atoms with van der Waals surface area (Å²) in [5.41, 5.74) is -5.15. The molecule has 0 bridgehead atoms. The fourth-order valence-electron chi connectivity index (χ4n) is 4.66. The van der Waals surface area contributed by atoms with Crippen LogP contribution in [-0.2, 0) is 23.6 Å². The highest BCUT2D eigenvalue weighted by molar-refractivity contribution is 5.86. The van der Waals surface area contributed by atoms with Gasteiger partial charge in [0.1, 0.15) is 11.4 Å². The highest BCUT2D eigenvalue weighted by Crippen LogP contribution is 2.33. The topological polar surface area (TPSA) is 115 Å². The van der Waals surface area contributed by atoms with E-state index < -0.39 is 52.1 Å². The van der Waals surface area contributed by atoms with Crippen LogP contribution in [0.15, 0.2) is 52.6 Å². The first-order valence-electron chi connectivity index (χ1n) is 12.0. The molecule has 9 nitrogen and oxygen atoms in total. The summed E-state index contributed by atoms with van der Waals surface area (Å²) >= 11 is 0. The van der Waals surface area contributed by atoms with Crippen molar-refractivity contribution >= 4 is 16.5 Å². The van der Waals surface area contributed by atoms with Crippen molar-refractivity contribution in [2.75, 3.05) is 18.5 Å². The van der Waals surface area contributed by atoms with E-state index in [0.29, 0.717) is 17.8 Å². The van der Waals surface area contributed by atoms with Crippen LogP contribution in [0, 0.1) is 11.7 Å². The minimum atomic E-state index is -4.92. The standard InChI is InChI=1S/C25H19F7N6O3/c26-18-5-16-13(4-17(18)21-33-6-14(7-34-21)24(27,28)29)1-2-38(23(16)40)9-12-3-15(11-41-10-12)36-19-8-35-37-22(39)20(19)25(30,31)32/h1-2,4-8,12,15H,3,9-11H2,(H2,36,37,39)/t12?,15-/m1/s1. The van der Waals surface area contributed by atoms with Crippen LogP contribution in [-0.4, -0.2) is 44.0 Å². The molecule has 0 amide bonds. The van der Waals surface area contributed by atoms with Gasteiger partial charge in [0.05, 0.1) is 41.6 Å². The average molecular weight is 584 g/mol. The van der Waals surface area contributed by atoms with Gasteiger partial charge in [-0.05, 0) is 30.0 Å². The second kappa shape index (κ2) is 10.6. The first-order chi connectivity index (χ1) is 19.3. The van der Waals surface area contributed by atoms with Crippen LogP contribution in [0.4, 0.5) is 36.4 Å². The van der Waals surface area contributed by atoms with E-state index in [0.717, 1.165) is 12.3 Å². The third-order valence-corrected chi connectivity index (χ3v) is 6.53. The molecule has 0 radical (unpaired) electrons. The maximum atomic E-state index is 14.9. The van der Waals surface area contributed by atoms with Crippen molar-refractivity contribution in [1.82, 2.24) is 24.7 Å². The number of alkyl halides is 6. The third kappa shape index (κ3) is 5.91. The summed E-state index contributed by atoms with van der Waals surface area (Å²) in [5, 5.41) is 8.14. The lowest BCUT2D eigenvalue weighted by Crippen LogP contribution is -2.39. The van der Waals surface area contributed by atoms with Crippen LogP contribution in [0.5, 0.6) is 0 Å². The molecule has 3 aromatic heterocycles. The van der Waals surface area contributed by atoms with E-state index in [1.54, 1.807) is 5.10 Å². The molecule has 16 heteroatoms. The van der Waals surface area contributed by atoms with Crippen LogP contribution >= 0.6 is 0 Å². The molecule has 2 N–H and O–H groups in total. The highest BCUT2D eigenvalue weighted by Gasteiger charge is 2.38. The molecular formula is C25H19F7N6O3. The fraction of sp³-hybridized carbons (Fsp3) is 0.320. The summed E-state index contributed by atoms with van der Waals surface area (Å²) in [4.78, 5) is 32.1. The van der Waals surface area contributed by atoms with Crippen molar-refractivity contribution in [3.05, 3.63) is 80.6 Å². The zero-order valence-electron chi connectivity index (χ0n) is 20.7. The van der Waals surface area contributed by atoms with E-state index in [1.165, 1.54) is 22.9 Å². The number of anilines is 1. The predicted octanol–water partition coefficient (Wildman–Crippen LogP) is 4.24. The van der Waals surface area contributed by atoms with E-state index >= 15 is 0 Å². The number of nitrogens with zero attached hydrogens (tertiary/aromatic N) is 4. The Morgan fingerprint density at radius 3 is 2.44 bits per heavy atom. The Bertz CT molecular complexity index is 1700. The fourth-order valence-corrected chi connectivity index (χ4v) is 4.66. The zero-order chi connectivity index (χ0) is 29.5. The van der Waals surface area contributed by atoms with Gasteiger partial charge in [-0.15, -0.1) is 0 Å². The molecule has 0 spiro atoms. The molecule has 0 saturated carbocycles. The average Bonchev–Trinajstić information content (AvgIpc) is 2.89. The SMILES string of the molecule is O=c1[nH]ncc(N[C@H]2COCC(Cn3ccc4cc(-c5ncc(C(F)(F)F)cn5)c(F)cc4c3=O)C2)c1C(F)(F)F. The number of fused-ring (bicyclic) bond motifs is 1. The van der Waals surface area contributed by atoms with Gasteiger partial charge >= 0.3 is 12.4 Å². The second-order valence-corrected chi connectivity index (χ2v) is 9.45. The van der Waals surface area contributed by atoms with E-state index in [1.807, 2.05) is 0 Å². The number of hydrogen-bond acceptors (Lipinski definition) is 7. The molecular weight excluding hydrogens is 565 g/mol. The first-order valence-corrected chi connectivity index (χ1v) is 12.0. The number of hydrogen-bond donors (Lipinski definition) is 2. The van der Waals surface area contributed by atoms with E-state index in [4.69, 9.17) is 4.74 Å². The van der Waals surface area contributed by atoms with Crippen molar-refractivity contribution in [3.63, 3.8) is 0 Å². The number of aromatic amines is 1. The molecule has 5 rings (SSSR count). The Morgan fingerprint density at radius 1 is 1.02 bits per heavy atom. The van der Waals surface area contributed by atoms with Crippen LogP contribution in [0.25, 0.3) is 22.2 Å². The molecule has 41 heavy (non-hydrogen) atoms. The minimum absolute atomic E-state index is 0.00327. The van der Waals surface area contributed by atoms with Gasteiger partial charge in [-0.25, -0.2) is 19.5 Å². The van der Waals surface area contributed by atoms with E-state index in [9.17, 15) is 40.3 Å². The molecule has 1 aliphatic heterocycles. The number of rotatable bonds is 5. The molecule has 4 aromatic rings. The summed E-state index contributed by atoms with van der Waals surface area (Å²) in [7, 11) is 0. The smallest absolute Gasteiger partial charge is 0.379 e. The van der Waals surface area contributed by atoms with Crippen molar-refractivity contribution in [1.29, 1.82) is 0 Å². The molecule has 2 atom stereocenters. The number of H-pyrrole nitrogens is 1. The normalized spacial score (nSPS) is 18.0. The van der Waals surface area contributed by atoms with Gasteiger partial charge in [0, 0.05) is 37.1 Å². The van der Waals surface area contributed by atoms with Crippen LogP contribution in [0.3, 0.4) is 0 Å². The van der Waals surface area contributed by atoms with Crippen molar-refractivity contribution in [2.24, 2.45) is 5.92 Å². The Balaban J connectivity index is 1.35. The molecule has 1 aliphatic rings. The first kappa shape index (κ1) is 28.2. The number of halogens is 7. The van der Waals surface area contributed by atoms with E-state index in [2.05, 4.69) is 20.4 Å². The van der Waals surface area contributed by atoms with Crippen LogP contribution in [0.2, 0.25) is 0 Å². The Hall–Kier alpha value is -4.34. The lowest BCUT2D eigenvalue weighted by atomic mass is 9.97. The summed E-state index contributed by atoms with van der Waals surface area (Å²) in [6, 6.07) is 3.10. The molecule has 1 aromatic carbocycles. The molecule has 1 fully saturated rings. The second-order valence-electron chi connectivity index (χ2n) is 9.45. The lowest BCUT2D eigenvalue weighted by molar-refractivity contribution is -0.139. The number of aromatic nitrogens is 5. The van der Waals surface area contributed by atoms with Crippen LogP contribution < -0.4 is 16.4 Å². The summed E-state index contributed by atoms with van der Waals surface area (Å²) in [5.74, 6) is -1.53. The third-order valence-electron chi connectivity index (χ3n) is 6.53. The van der Waals surface area contributed by atoms with Gasteiger partial charge in [0.2, 0.25) is 0 Å². The minimum Gasteiger partial charge on any atom is -0.379 e. The van der Waals surface area contributed by atoms with Crippen LogP contribution in [0.1, 0.15) is 17.5 Å². The quantitative estimate of drug-likeness (QED) is 0.338. The number of nitrogens with one attached hydrogen (secondary N) is 2. The van der Waals surface area contributed by atoms with Gasteiger partial charge in [-0.3, -0.25) is 9.59 Å². The summed E-state index contributed by atoms with van der Waals surface area (Å²) in [6.45, 7) is 0.340. The summed E-state index contributed by atoms with van der Waals surface area (Å²) < 4.78 is 100. The molecule has 0 aliphatic carbocycles. The maximum Gasteiger partial charge on any atom is 0.423 e. The monoisotopic (exact) mass is 584 g/mol. The largest absolute Gasteiger partial charge is 0.423 e. The van der Waals surface area contributed by atoms with Gasteiger partial charge in [-0.2, -0.15) is 31.4 Å². The molecule has 4 heterocycles. The number of ether oxygens (including phenoxy) is 1. The van der Waals surface area contributed by atoms with Gasteiger partial charge in [-0.1, -0.05) is 0 Å². The van der Waals surface area contributed by atoms with Crippen molar-refractivity contribution < 1.29 is 35.5 Å². The molecule has 1 saturated heterocycles. The Kier molecular flexibility index (Phi) is 7.27. The molecule has 216 valence electrons. The van der Waals surface area contributed by atoms with Crippen molar-refractivity contribution in [2.45, 2.75) is 31.4 Å². The Labute approximate surface area is 225 Å². The predicted molar refractivity (Wildman–Crippen MR) is 130 cm³/mol. The van der Waals surface area contributed by atoms with Gasteiger partial charge < -0.3 is 14.6 Å². The molecule has 1 unspecified atom stereocenters. The van der Waals surface area contributed by atoms with Gasteiger partial charge in [0.25, 0.3) is 11.1 Å². The zero-order valence-corrected chi connectivity index (χ0v) is 20.7. The maximum absolute atomic E-state index is 14.9. The highest BCUT2D eigenvalue weighted by atomic mass is 19.4. The summed E-state index contributed by atoms with van der Waals surface area (Å²) in [6.07, 6.45) is -5.91.